The van der Waals surface area contributed by atoms with Crippen LogP contribution < -0.4 is 0 Å². The minimum atomic E-state index is 0.0162. The van der Waals surface area contributed by atoms with Crippen molar-refractivity contribution in [1.82, 2.24) is 0 Å². The van der Waals surface area contributed by atoms with E-state index in [0.717, 1.165) is 24.0 Å². The predicted molar refractivity (Wildman–Crippen MR) is 73.7 cm³/mol. The van der Waals surface area contributed by atoms with Crippen LogP contribution in [0.2, 0.25) is 10.0 Å². The van der Waals surface area contributed by atoms with Gasteiger partial charge in [0.25, 0.3) is 0 Å². The second-order valence-corrected chi connectivity index (χ2v) is 5.18. The van der Waals surface area contributed by atoms with Crippen LogP contribution in [0.1, 0.15) is 27.0 Å². The van der Waals surface area contributed by atoms with Gasteiger partial charge in [0.1, 0.15) is 0 Å². The molecule has 1 aliphatic rings. The molecule has 0 N–H and O–H groups in total. The van der Waals surface area contributed by atoms with Gasteiger partial charge in [-0.15, -0.1) is 0 Å². The number of rotatable bonds is 0. The molecule has 2 aromatic carbocycles. The van der Waals surface area contributed by atoms with Crippen LogP contribution in [0.15, 0.2) is 36.4 Å². The van der Waals surface area contributed by atoms with Crippen molar-refractivity contribution in [2.75, 3.05) is 0 Å². The zero-order valence-corrected chi connectivity index (χ0v) is 11.1. The first-order valence-electron chi connectivity index (χ1n) is 5.78. The molecule has 0 bridgehead atoms. The maximum atomic E-state index is 12.5. The quantitative estimate of drug-likeness (QED) is 0.700. The molecule has 0 spiro atoms. The molecule has 0 aliphatic heterocycles. The maximum Gasteiger partial charge on any atom is 0.193 e. The van der Waals surface area contributed by atoms with Crippen molar-refractivity contribution in [3.8, 4) is 0 Å². The van der Waals surface area contributed by atoms with Crippen molar-refractivity contribution >= 4 is 29.0 Å². The molecule has 3 rings (SSSR count). The van der Waals surface area contributed by atoms with E-state index in [1.807, 2.05) is 36.4 Å². The average Bonchev–Trinajstić information content (AvgIpc) is 2.51. The highest BCUT2D eigenvalue weighted by Crippen LogP contribution is 2.31. The molecule has 2 aromatic rings. The van der Waals surface area contributed by atoms with Crippen molar-refractivity contribution in [3.05, 3.63) is 68.7 Å². The monoisotopic (exact) mass is 276 g/mol. The first kappa shape index (κ1) is 11.8. The third kappa shape index (κ3) is 1.75. The zero-order chi connectivity index (χ0) is 12.7. The minimum absolute atomic E-state index is 0.0162. The van der Waals surface area contributed by atoms with Crippen LogP contribution in [-0.4, -0.2) is 5.78 Å². The lowest BCUT2D eigenvalue weighted by molar-refractivity contribution is 0.103. The van der Waals surface area contributed by atoms with Gasteiger partial charge in [0.05, 0.1) is 0 Å². The van der Waals surface area contributed by atoms with Gasteiger partial charge in [-0.05, 0) is 36.1 Å². The van der Waals surface area contributed by atoms with Crippen molar-refractivity contribution in [2.45, 2.75) is 12.8 Å². The molecular weight excluding hydrogens is 267 g/mol. The van der Waals surface area contributed by atoms with Crippen molar-refractivity contribution in [1.29, 1.82) is 0 Å². The molecule has 0 fully saturated rings. The Morgan fingerprint density at radius 1 is 0.778 bits per heavy atom. The summed E-state index contributed by atoms with van der Waals surface area (Å²) in [7, 11) is 0. The summed E-state index contributed by atoms with van der Waals surface area (Å²) in [6.07, 6.45) is 1.50. The molecule has 0 saturated heterocycles. The Balaban J connectivity index is 2.25. The lowest BCUT2D eigenvalue weighted by atomic mass is 9.99. The number of carbonyl (C=O) groups excluding carboxylic acids is 1. The van der Waals surface area contributed by atoms with E-state index < -0.39 is 0 Å². The van der Waals surface area contributed by atoms with Gasteiger partial charge in [0.15, 0.2) is 5.78 Å². The number of benzene rings is 2. The normalized spacial score (nSPS) is 13.8. The molecule has 1 nitrogen and oxygen atoms in total. The summed E-state index contributed by atoms with van der Waals surface area (Å²) >= 11 is 12.4. The van der Waals surface area contributed by atoms with Crippen LogP contribution in [0.4, 0.5) is 0 Å². The van der Waals surface area contributed by atoms with E-state index >= 15 is 0 Å². The Hall–Kier alpha value is -1.31. The fourth-order valence-corrected chi connectivity index (χ4v) is 2.98. The van der Waals surface area contributed by atoms with Crippen LogP contribution in [0.3, 0.4) is 0 Å². The number of carbonyl (C=O) groups is 1. The van der Waals surface area contributed by atoms with Gasteiger partial charge >= 0.3 is 0 Å². The highest BCUT2D eigenvalue weighted by Gasteiger charge is 2.23. The van der Waals surface area contributed by atoms with Crippen molar-refractivity contribution in [2.24, 2.45) is 0 Å². The fraction of sp³-hybridized carbons (Fsp3) is 0.133. The number of fused-ring (bicyclic) bond motifs is 2. The molecule has 0 atom stereocenters. The third-order valence-corrected chi connectivity index (χ3v) is 4.06. The highest BCUT2D eigenvalue weighted by atomic mass is 35.5. The topological polar surface area (TPSA) is 17.1 Å². The maximum absolute atomic E-state index is 12.5. The zero-order valence-electron chi connectivity index (χ0n) is 9.54. The Bertz CT molecular complexity index is 591. The third-order valence-electron chi connectivity index (χ3n) is 3.35. The predicted octanol–water partition coefficient (Wildman–Crippen LogP) is 4.32. The van der Waals surface area contributed by atoms with Crippen LogP contribution in [0, 0.1) is 0 Å². The standard InChI is InChI=1S/C15H10Cl2O/c16-13-5-1-3-11-9(13)7-8-10-12(15(11)18)4-2-6-14(10)17/h1-6H,7-8H2. The molecule has 1 aliphatic carbocycles. The molecule has 0 unspecified atom stereocenters. The fourth-order valence-electron chi connectivity index (χ4n) is 2.45. The summed E-state index contributed by atoms with van der Waals surface area (Å²) in [5, 5.41) is 1.31. The van der Waals surface area contributed by atoms with Crippen molar-refractivity contribution < 1.29 is 4.79 Å². The first-order valence-corrected chi connectivity index (χ1v) is 6.53. The van der Waals surface area contributed by atoms with E-state index in [-0.39, 0.29) is 5.78 Å². The minimum Gasteiger partial charge on any atom is -0.289 e. The van der Waals surface area contributed by atoms with Crippen LogP contribution >= 0.6 is 23.2 Å². The highest BCUT2D eigenvalue weighted by molar-refractivity contribution is 6.33. The molecule has 0 aromatic heterocycles. The largest absolute Gasteiger partial charge is 0.289 e. The summed E-state index contributed by atoms with van der Waals surface area (Å²) in [4.78, 5) is 12.5. The molecule has 0 saturated carbocycles. The van der Waals surface area contributed by atoms with Gasteiger partial charge in [0.2, 0.25) is 0 Å². The molecule has 0 radical (unpaired) electrons. The summed E-state index contributed by atoms with van der Waals surface area (Å²) in [5.41, 5.74) is 3.25. The SMILES string of the molecule is O=C1c2cccc(Cl)c2CCc2c(Cl)cccc21. The Kier molecular flexibility index (Phi) is 2.89. The van der Waals surface area contributed by atoms with Gasteiger partial charge in [-0.2, -0.15) is 0 Å². The van der Waals surface area contributed by atoms with Gasteiger partial charge in [-0.1, -0.05) is 47.5 Å². The number of halogens is 2. The van der Waals surface area contributed by atoms with E-state index in [9.17, 15) is 4.79 Å². The second-order valence-electron chi connectivity index (χ2n) is 4.36. The van der Waals surface area contributed by atoms with Gasteiger partial charge in [-0.3, -0.25) is 4.79 Å². The second kappa shape index (κ2) is 4.42. The van der Waals surface area contributed by atoms with E-state index in [4.69, 9.17) is 23.2 Å². The Morgan fingerprint density at radius 2 is 1.22 bits per heavy atom. The summed E-state index contributed by atoms with van der Waals surface area (Å²) in [5.74, 6) is 0.0162. The van der Waals surface area contributed by atoms with Crippen LogP contribution in [0.25, 0.3) is 0 Å². The van der Waals surface area contributed by atoms with Crippen molar-refractivity contribution in [3.63, 3.8) is 0 Å². The molecule has 3 heteroatoms. The first-order chi connectivity index (χ1) is 8.68. The molecule has 18 heavy (non-hydrogen) atoms. The number of ketones is 1. The van der Waals surface area contributed by atoms with Crippen LogP contribution in [0.5, 0.6) is 0 Å². The average molecular weight is 277 g/mol. The van der Waals surface area contributed by atoms with E-state index in [1.54, 1.807) is 0 Å². The van der Waals surface area contributed by atoms with E-state index in [0.29, 0.717) is 21.2 Å². The summed E-state index contributed by atoms with van der Waals surface area (Å²) in [6.45, 7) is 0. The van der Waals surface area contributed by atoms with Gasteiger partial charge < -0.3 is 0 Å². The number of hydrogen-bond acceptors (Lipinski definition) is 1. The van der Waals surface area contributed by atoms with Crippen LogP contribution in [-0.2, 0) is 12.8 Å². The molecule has 90 valence electrons. The summed E-state index contributed by atoms with van der Waals surface area (Å²) in [6, 6.07) is 10.9. The lowest BCUT2D eigenvalue weighted by Gasteiger charge is -2.06. The molecule has 0 heterocycles. The van der Waals surface area contributed by atoms with E-state index in [2.05, 4.69) is 0 Å². The lowest BCUT2D eigenvalue weighted by Crippen LogP contribution is -2.04. The Morgan fingerprint density at radius 3 is 1.67 bits per heavy atom. The molecular formula is C15H10Cl2O. The van der Waals surface area contributed by atoms with E-state index in [1.165, 1.54) is 0 Å². The van der Waals surface area contributed by atoms with Gasteiger partial charge in [-0.25, -0.2) is 0 Å². The summed E-state index contributed by atoms with van der Waals surface area (Å²) < 4.78 is 0. The van der Waals surface area contributed by atoms with Gasteiger partial charge in [0, 0.05) is 21.2 Å². The Labute approximate surface area is 115 Å². The smallest absolute Gasteiger partial charge is 0.193 e. The number of hydrogen-bond donors (Lipinski definition) is 0. The molecule has 0 amide bonds.